The second-order valence-corrected chi connectivity index (χ2v) is 4.48. The Morgan fingerprint density at radius 3 is 2.92 bits per heavy atom. The van der Waals surface area contributed by atoms with Crippen molar-refractivity contribution in [1.82, 2.24) is 4.90 Å². The fourth-order valence-electron chi connectivity index (χ4n) is 2.71. The molecule has 2 aliphatic rings. The second-order valence-electron chi connectivity index (χ2n) is 4.48. The van der Waals surface area contributed by atoms with Gasteiger partial charge in [0.2, 0.25) is 6.41 Å². The van der Waals surface area contributed by atoms with Gasteiger partial charge in [0.15, 0.2) is 0 Å². The molecule has 1 aliphatic carbocycles. The van der Waals surface area contributed by atoms with Crippen molar-refractivity contribution in [3.63, 3.8) is 0 Å². The molecule has 0 aromatic heterocycles. The van der Waals surface area contributed by atoms with E-state index in [0.717, 1.165) is 24.8 Å². The summed E-state index contributed by atoms with van der Waals surface area (Å²) < 4.78 is 0. The van der Waals surface area contributed by atoms with Crippen molar-refractivity contribution in [1.29, 1.82) is 0 Å². The third kappa shape index (κ3) is 1.35. The lowest BCUT2D eigenvalue weighted by molar-refractivity contribution is -0.119. The van der Waals surface area contributed by atoms with E-state index in [1.165, 1.54) is 25.7 Å². The van der Waals surface area contributed by atoms with Crippen LogP contribution in [-0.4, -0.2) is 23.9 Å². The fourth-order valence-corrected chi connectivity index (χ4v) is 2.71. The lowest BCUT2D eigenvalue weighted by atomic mass is 9.98. The molecule has 3 atom stereocenters. The summed E-state index contributed by atoms with van der Waals surface area (Å²) in [4.78, 5) is 12.7. The summed E-state index contributed by atoms with van der Waals surface area (Å²) in [5.74, 6) is 1.63. The van der Waals surface area contributed by atoms with Gasteiger partial charge in [0.25, 0.3) is 0 Å². The van der Waals surface area contributed by atoms with Gasteiger partial charge in [-0.15, -0.1) is 0 Å². The molecule has 1 amide bonds. The minimum atomic E-state index is 0.574. The van der Waals surface area contributed by atoms with Crippen molar-refractivity contribution in [2.45, 2.75) is 38.6 Å². The summed E-state index contributed by atoms with van der Waals surface area (Å²) in [7, 11) is 0. The molecular weight excluding hydrogens is 150 g/mol. The summed E-state index contributed by atoms with van der Waals surface area (Å²) in [6.07, 6.45) is 6.25. The Bertz CT molecular complexity index is 181. The van der Waals surface area contributed by atoms with Crippen LogP contribution in [0.5, 0.6) is 0 Å². The second kappa shape index (κ2) is 3.08. The van der Waals surface area contributed by atoms with Crippen LogP contribution in [0.15, 0.2) is 0 Å². The maximum Gasteiger partial charge on any atom is 0.209 e. The summed E-state index contributed by atoms with van der Waals surface area (Å²) >= 11 is 0. The third-order valence-electron chi connectivity index (χ3n) is 3.42. The Morgan fingerprint density at radius 1 is 1.33 bits per heavy atom. The maximum absolute atomic E-state index is 10.7. The summed E-state index contributed by atoms with van der Waals surface area (Å²) in [5, 5.41) is 0. The van der Waals surface area contributed by atoms with Gasteiger partial charge in [-0.25, -0.2) is 0 Å². The van der Waals surface area contributed by atoms with Crippen LogP contribution >= 0.6 is 0 Å². The zero-order valence-electron chi connectivity index (χ0n) is 7.70. The molecule has 2 rings (SSSR count). The van der Waals surface area contributed by atoms with Crippen LogP contribution in [0.2, 0.25) is 0 Å². The molecule has 68 valence electrons. The molecule has 0 radical (unpaired) electrons. The number of carbonyl (C=O) groups excluding carboxylic acids is 1. The van der Waals surface area contributed by atoms with Crippen molar-refractivity contribution in [2.75, 3.05) is 6.54 Å². The largest absolute Gasteiger partial charge is 0.342 e. The zero-order chi connectivity index (χ0) is 8.55. The van der Waals surface area contributed by atoms with Crippen molar-refractivity contribution >= 4 is 6.41 Å². The Kier molecular flexibility index (Phi) is 2.07. The number of fused-ring (bicyclic) bond motifs is 2. The van der Waals surface area contributed by atoms with Crippen LogP contribution in [0.3, 0.4) is 0 Å². The minimum absolute atomic E-state index is 0.574. The van der Waals surface area contributed by atoms with E-state index in [2.05, 4.69) is 6.92 Å². The highest BCUT2D eigenvalue weighted by Gasteiger charge is 2.34. The molecule has 0 N–H and O–H groups in total. The van der Waals surface area contributed by atoms with Gasteiger partial charge in [-0.1, -0.05) is 13.3 Å². The topological polar surface area (TPSA) is 20.3 Å². The Hall–Kier alpha value is -0.530. The average molecular weight is 167 g/mol. The Balaban J connectivity index is 2.06. The van der Waals surface area contributed by atoms with Crippen LogP contribution in [0.1, 0.15) is 32.6 Å². The molecule has 2 bridgehead atoms. The molecule has 0 spiro atoms. The van der Waals surface area contributed by atoms with Gasteiger partial charge in [0.1, 0.15) is 0 Å². The van der Waals surface area contributed by atoms with Gasteiger partial charge in [0, 0.05) is 12.6 Å². The lowest BCUT2D eigenvalue weighted by Gasteiger charge is -2.23. The Morgan fingerprint density at radius 2 is 2.17 bits per heavy atom. The molecule has 1 saturated carbocycles. The number of hydrogen-bond acceptors (Lipinski definition) is 1. The number of carbonyl (C=O) groups is 1. The first-order chi connectivity index (χ1) is 5.79. The van der Waals surface area contributed by atoms with Crippen LogP contribution < -0.4 is 0 Å². The third-order valence-corrected chi connectivity index (χ3v) is 3.42. The van der Waals surface area contributed by atoms with E-state index in [9.17, 15) is 4.79 Å². The normalized spacial score (nSPS) is 41.1. The molecule has 1 saturated heterocycles. The number of nitrogens with zero attached hydrogens (tertiary/aromatic N) is 1. The van der Waals surface area contributed by atoms with E-state index in [4.69, 9.17) is 0 Å². The monoisotopic (exact) mass is 167 g/mol. The first-order valence-electron chi connectivity index (χ1n) is 5.00. The molecule has 3 unspecified atom stereocenters. The first-order valence-corrected chi connectivity index (χ1v) is 5.00. The Labute approximate surface area is 73.9 Å². The van der Waals surface area contributed by atoms with E-state index in [1.807, 2.05) is 4.90 Å². The molecular formula is C10H17NO. The van der Waals surface area contributed by atoms with Crippen LogP contribution in [-0.2, 0) is 4.79 Å². The van der Waals surface area contributed by atoms with E-state index >= 15 is 0 Å². The van der Waals surface area contributed by atoms with Gasteiger partial charge in [-0.2, -0.15) is 0 Å². The molecule has 2 fully saturated rings. The lowest BCUT2D eigenvalue weighted by Crippen LogP contribution is -2.30. The van der Waals surface area contributed by atoms with Crippen molar-refractivity contribution < 1.29 is 4.79 Å². The standard InChI is InChI=1S/C10H17NO/c1-8-2-3-9-5-10(4-8)11(6-9)7-12/h7-10H,2-6H2,1H3. The molecule has 2 nitrogen and oxygen atoms in total. The predicted octanol–water partition coefficient (Wildman–Crippen LogP) is 1.65. The van der Waals surface area contributed by atoms with Crippen molar-refractivity contribution in [3.05, 3.63) is 0 Å². The molecule has 0 aromatic carbocycles. The number of hydrogen-bond donors (Lipinski definition) is 0. The average Bonchev–Trinajstić information content (AvgIpc) is 2.33. The summed E-state index contributed by atoms with van der Waals surface area (Å²) in [6, 6.07) is 0.574. The fraction of sp³-hybridized carbons (Fsp3) is 0.900. The van der Waals surface area contributed by atoms with Gasteiger partial charge < -0.3 is 4.90 Å². The number of amides is 1. The predicted molar refractivity (Wildman–Crippen MR) is 47.7 cm³/mol. The quantitative estimate of drug-likeness (QED) is 0.544. The number of rotatable bonds is 1. The van der Waals surface area contributed by atoms with Gasteiger partial charge in [0.05, 0.1) is 0 Å². The smallest absolute Gasteiger partial charge is 0.209 e. The highest BCUT2D eigenvalue weighted by molar-refractivity contribution is 5.48. The molecule has 1 heterocycles. The minimum Gasteiger partial charge on any atom is -0.342 e. The SMILES string of the molecule is CC1CCC2CC(C1)N(C=O)C2. The molecule has 12 heavy (non-hydrogen) atoms. The first kappa shape index (κ1) is 8.09. The van der Waals surface area contributed by atoms with E-state index < -0.39 is 0 Å². The maximum atomic E-state index is 10.7. The zero-order valence-corrected chi connectivity index (χ0v) is 7.70. The molecule has 1 aliphatic heterocycles. The van der Waals surface area contributed by atoms with E-state index in [-0.39, 0.29) is 0 Å². The van der Waals surface area contributed by atoms with Gasteiger partial charge in [-0.3, -0.25) is 4.79 Å². The van der Waals surface area contributed by atoms with E-state index in [0.29, 0.717) is 6.04 Å². The highest BCUT2D eigenvalue weighted by Crippen LogP contribution is 2.35. The summed E-state index contributed by atoms with van der Waals surface area (Å²) in [6.45, 7) is 3.34. The molecule has 2 heteroatoms. The van der Waals surface area contributed by atoms with Gasteiger partial charge >= 0.3 is 0 Å². The van der Waals surface area contributed by atoms with Gasteiger partial charge in [-0.05, 0) is 31.1 Å². The highest BCUT2D eigenvalue weighted by atomic mass is 16.1. The van der Waals surface area contributed by atoms with Crippen molar-refractivity contribution in [2.24, 2.45) is 11.8 Å². The molecule has 0 aromatic rings. The van der Waals surface area contributed by atoms with E-state index in [1.54, 1.807) is 0 Å². The van der Waals surface area contributed by atoms with Crippen molar-refractivity contribution in [3.8, 4) is 0 Å². The van der Waals surface area contributed by atoms with Crippen LogP contribution in [0.25, 0.3) is 0 Å². The van der Waals surface area contributed by atoms with Crippen LogP contribution in [0.4, 0.5) is 0 Å². The number of likely N-dealkylation sites (tertiary alicyclic amines) is 1. The summed E-state index contributed by atoms with van der Waals surface area (Å²) in [5.41, 5.74) is 0. The van der Waals surface area contributed by atoms with Crippen LogP contribution in [0, 0.1) is 11.8 Å².